The molecule has 1 aliphatic rings. The van der Waals surface area contributed by atoms with Crippen molar-refractivity contribution >= 4 is 35.2 Å². The molecule has 0 bridgehead atoms. The first-order valence-electron chi connectivity index (χ1n) is 8.81. The first-order chi connectivity index (χ1) is 12.7. The molecule has 0 aliphatic carbocycles. The van der Waals surface area contributed by atoms with Crippen molar-refractivity contribution in [3.05, 3.63) is 39.0 Å². The summed E-state index contributed by atoms with van der Waals surface area (Å²) in [6.07, 6.45) is 0.696. The number of carbonyl (C=O) groups excluding carboxylic acids is 2. The van der Waals surface area contributed by atoms with Gasteiger partial charge in [-0.05, 0) is 37.0 Å². The minimum absolute atomic E-state index is 0.291. The fourth-order valence-electron chi connectivity index (χ4n) is 2.62. The van der Waals surface area contributed by atoms with Crippen LogP contribution in [-0.2, 0) is 9.53 Å². The van der Waals surface area contributed by atoms with E-state index in [9.17, 15) is 9.59 Å². The summed E-state index contributed by atoms with van der Waals surface area (Å²) in [5, 5.41) is 5.95. The Morgan fingerprint density at radius 1 is 1.26 bits per heavy atom. The van der Waals surface area contributed by atoms with Gasteiger partial charge in [0.05, 0.1) is 34.9 Å². The monoisotopic (exact) mass is 414 g/mol. The average Bonchev–Trinajstić information content (AvgIpc) is 2.57. The molecule has 0 aromatic heterocycles. The lowest BCUT2D eigenvalue weighted by Crippen LogP contribution is -2.45. The fraction of sp³-hybridized carbons (Fsp3) is 0.474. The molecule has 1 heterocycles. The molecule has 1 unspecified atom stereocenters. The van der Waals surface area contributed by atoms with Crippen molar-refractivity contribution in [1.29, 1.82) is 0 Å². The Bertz CT molecular complexity index is 739. The zero-order chi connectivity index (χ0) is 20.1. The second kappa shape index (κ2) is 9.33. The van der Waals surface area contributed by atoms with Gasteiger partial charge in [-0.1, -0.05) is 44.0 Å². The highest BCUT2D eigenvalue weighted by molar-refractivity contribution is 6.37. The Labute approximate surface area is 169 Å². The second-order valence-corrected chi connectivity index (χ2v) is 7.54. The predicted octanol–water partition coefficient (Wildman–Crippen LogP) is 4.61. The molecule has 1 atom stereocenters. The van der Waals surface area contributed by atoms with E-state index in [0.29, 0.717) is 58.2 Å². The molecule has 1 aromatic rings. The molecule has 1 aromatic carbocycles. The van der Waals surface area contributed by atoms with E-state index in [-0.39, 0.29) is 0 Å². The van der Waals surface area contributed by atoms with Crippen LogP contribution in [0.25, 0.3) is 0 Å². The van der Waals surface area contributed by atoms with Crippen LogP contribution in [0.1, 0.15) is 45.7 Å². The summed E-state index contributed by atoms with van der Waals surface area (Å²) in [5.74, 6) is 0.192. The van der Waals surface area contributed by atoms with Crippen LogP contribution in [0.2, 0.25) is 10.0 Å². The average molecular weight is 415 g/mol. The summed E-state index contributed by atoms with van der Waals surface area (Å²) in [6, 6.07) is 2.13. The van der Waals surface area contributed by atoms with Crippen molar-refractivity contribution in [2.45, 2.75) is 40.2 Å². The number of urea groups is 1. The molecule has 2 N–H and O–H groups in total. The smallest absolute Gasteiger partial charge is 0.338 e. The summed E-state index contributed by atoms with van der Waals surface area (Å²) < 4.78 is 10.9. The van der Waals surface area contributed by atoms with Crippen LogP contribution in [-0.4, -0.2) is 25.2 Å². The molecule has 2 rings (SSSR count). The second-order valence-electron chi connectivity index (χ2n) is 6.72. The van der Waals surface area contributed by atoms with E-state index in [1.807, 2.05) is 20.8 Å². The number of carbonyl (C=O) groups is 2. The van der Waals surface area contributed by atoms with Crippen LogP contribution in [0.4, 0.5) is 4.79 Å². The molecule has 148 valence electrons. The van der Waals surface area contributed by atoms with Crippen LogP contribution in [0.3, 0.4) is 0 Å². The van der Waals surface area contributed by atoms with Gasteiger partial charge in [0.15, 0.2) is 5.75 Å². The van der Waals surface area contributed by atoms with Gasteiger partial charge in [-0.25, -0.2) is 9.59 Å². The summed E-state index contributed by atoms with van der Waals surface area (Å²) in [5.41, 5.74) is 1.31. The molecule has 0 saturated heterocycles. The molecule has 27 heavy (non-hydrogen) atoms. The lowest BCUT2D eigenvalue weighted by molar-refractivity contribution is -0.139. The Hall–Kier alpha value is -1.92. The van der Waals surface area contributed by atoms with E-state index in [4.69, 9.17) is 32.7 Å². The number of esters is 1. The maximum Gasteiger partial charge on any atom is 0.338 e. The van der Waals surface area contributed by atoms with Crippen molar-refractivity contribution < 1.29 is 19.1 Å². The van der Waals surface area contributed by atoms with E-state index in [1.54, 1.807) is 19.1 Å². The minimum atomic E-state index is -0.725. The van der Waals surface area contributed by atoms with Crippen LogP contribution in [0, 0.1) is 5.92 Å². The van der Waals surface area contributed by atoms with Gasteiger partial charge in [0.2, 0.25) is 0 Å². The molecule has 0 spiro atoms. The standard InChI is InChI=1S/C19H24Cl2N2O4/c1-5-6-26-18(24)15-11(4)22-19(25)23-16(15)12-7-13(20)17(14(21)8-12)27-9-10(2)3/h7-8,10,16H,5-6,9H2,1-4H3,(H2,22,23,25). The van der Waals surface area contributed by atoms with E-state index < -0.39 is 18.0 Å². The van der Waals surface area contributed by atoms with Gasteiger partial charge in [0, 0.05) is 5.70 Å². The van der Waals surface area contributed by atoms with E-state index in [0.717, 1.165) is 0 Å². The van der Waals surface area contributed by atoms with Crippen LogP contribution in [0.5, 0.6) is 5.75 Å². The Morgan fingerprint density at radius 2 is 1.89 bits per heavy atom. The molecule has 0 saturated carbocycles. The third kappa shape index (κ3) is 5.30. The number of ether oxygens (including phenoxy) is 2. The van der Waals surface area contributed by atoms with E-state index >= 15 is 0 Å². The van der Waals surface area contributed by atoms with Gasteiger partial charge in [0.25, 0.3) is 0 Å². The topological polar surface area (TPSA) is 76.7 Å². The molecular formula is C19H24Cl2N2O4. The zero-order valence-electron chi connectivity index (χ0n) is 15.8. The summed E-state index contributed by atoms with van der Waals surface area (Å²) in [7, 11) is 0. The van der Waals surface area contributed by atoms with Gasteiger partial charge < -0.3 is 20.1 Å². The van der Waals surface area contributed by atoms with Gasteiger partial charge in [-0.2, -0.15) is 0 Å². The first kappa shape index (κ1) is 21.4. The number of hydrogen-bond donors (Lipinski definition) is 2. The third-order valence-electron chi connectivity index (χ3n) is 3.84. The van der Waals surface area contributed by atoms with Crippen molar-refractivity contribution in [3.8, 4) is 5.75 Å². The van der Waals surface area contributed by atoms with Crippen molar-refractivity contribution in [1.82, 2.24) is 10.6 Å². The van der Waals surface area contributed by atoms with Gasteiger partial charge in [-0.15, -0.1) is 0 Å². The number of nitrogens with one attached hydrogen (secondary N) is 2. The third-order valence-corrected chi connectivity index (χ3v) is 4.40. The normalized spacial score (nSPS) is 16.9. The largest absolute Gasteiger partial charge is 0.490 e. The Balaban J connectivity index is 2.39. The lowest BCUT2D eigenvalue weighted by Gasteiger charge is -2.28. The lowest BCUT2D eigenvalue weighted by atomic mass is 9.95. The number of benzene rings is 1. The quantitative estimate of drug-likeness (QED) is 0.638. The number of allylic oxidation sites excluding steroid dienone is 1. The number of rotatable bonds is 7. The van der Waals surface area contributed by atoms with Crippen molar-refractivity contribution in [2.24, 2.45) is 5.92 Å². The summed E-state index contributed by atoms with van der Waals surface area (Å²) in [4.78, 5) is 24.5. The molecule has 1 aliphatic heterocycles. The highest BCUT2D eigenvalue weighted by Crippen LogP contribution is 2.38. The molecule has 6 nitrogen and oxygen atoms in total. The molecule has 2 amide bonds. The molecule has 8 heteroatoms. The minimum Gasteiger partial charge on any atom is -0.490 e. The maximum atomic E-state index is 12.5. The van der Waals surface area contributed by atoms with Gasteiger partial charge in [-0.3, -0.25) is 0 Å². The first-order valence-corrected chi connectivity index (χ1v) is 9.57. The zero-order valence-corrected chi connectivity index (χ0v) is 17.3. The number of amides is 2. The Kier molecular flexibility index (Phi) is 7.39. The van der Waals surface area contributed by atoms with Crippen LogP contribution >= 0.6 is 23.2 Å². The van der Waals surface area contributed by atoms with Crippen LogP contribution in [0.15, 0.2) is 23.4 Å². The van der Waals surface area contributed by atoms with Gasteiger partial charge in [0.1, 0.15) is 0 Å². The Morgan fingerprint density at radius 3 is 2.44 bits per heavy atom. The van der Waals surface area contributed by atoms with Crippen molar-refractivity contribution in [2.75, 3.05) is 13.2 Å². The SMILES string of the molecule is CCCOC(=O)C1=C(C)NC(=O)NC1c1cc(Cl)c(OCC(C)C)c(Cl)c1. The van der Waals surface area contributed by atoms with E-state index in [1.165, 1.54) is 0 Å². The summed E-state index contributed by atoms with van der Waals surface area (Å²) >= 11 is 12.7. The molecule has 0 fully saturated rings. The number of hydrogen-bond acceptors (Lipinski definition) is 4. The highest BCUT2D eigenvalue weighted by Gasteiger charge is 2.33. The molecular weight excluding hydrogens is 391 g/mol. The summed E-state index contributed by atoms with van der Waals surface area (Å²) in [6.45, 7) is 8.35. The van der Waals surface area contributed by atoms with Crippen molar-refractivity contribution in [3.63, 3.8) is 0 Å². The molecule has 0 radical (unpaired) electrons. The number of halogens is 2. The fourth-order valence-corrected chi connectivity index (χ4v) is 3.23. The predicted molar refractivity (Wildman–Crippen MR) is 105 cm³/mol. The van der Waals surface area contributed by atoms with Crippen LogP contribution < -0.4 is 15.4 Å². The maximum absolute atomic E-state index is 12.5. The van der Waals surface area contributed by atoms with E-state index in [2.05, 4.69) is 10.6 Å². The van der Waals surface area contributed by atoms with Gasteiger partial charge >= 0.3 is 12.0 Å². The highest BCUT2D eigenvalue weighted by atomic mass is 35.5.